The van der Waals surface area contributed by atoms with E-state index < -0.39 is 17.4 Å². The molecule has 2 aromatic carbocycles. The van der Waals surface area contributed by atoms with Crippen molar-refractivity contribution in [2.24, 2.45) is 10.9 Å². The normalized spacial score (nSPS) is 11.5. The number of hydrogen-bond acceptors (Lipinski definition) is 3. The molecule has 0 amide bonds. The zero-order valence-electron chi connectivity index (χ0n) is 10.4. The lowest BCUT2D eigenvalue weighted by Crippen LogP contribution is -2.19. The van der Waals surface area contributed by atoms with Crippen LogP contribution in [0.1, 0.15) is 15.9 Å². The number of nitrogens with two attached hydrogens (primary N) is 1. The Kier molecular flexibility index (Phi) is 4.55. The summed E-state index contributed by atoms with van der Waals surface area (Å²) in [6, 6.07) is 6.71. The summed E-state index contributed by atoms with van der Waals surface area (Å²) in [6.45, 7) is 0. The third kappa shape index (κ3) is 3.20. The molecule has 0 aliphatic heterocycles. The van der Waals surface area contributed by atoms with E-state index in [9.17, 15) is 13.6 Å². The van der Waals surface area contributed by atoms with Gasteiger partial charge in [0.25, 0.3) is 0 Å². The molecule has 2 N–H and O–H groups in total. The molecule has 0 aliphatic carbocycles. The SMILES string of the molecule is N/N=C(/C(=O)c1ccc(F)cc1Cl)c1ccc(F)cc1Cl. The number of rotatable bonds is 3. The van der Waals surface area contributed by atoms with Crippen LogP contribution in [0.4, 0.5) is 8.78 Å². The smallest absolute Gasteiger partial charge is 0.215 e. The summed E-state index contributed by atoms with van der Waals surface area (Å²) in [6.07, 6.45) is 0. The fourth-order valence-corrected chi connectivity index (χ4v) is 2.24. The molecule has 2 aromatic rings. The first kappa shape index (κ1) is 15.4. The highest BCUT2D eigenvalue weighted by Crippen LogP contribution is 2.23. The van der Waals surface area contributed by atoms with Crippen molar-refractivity contribution >= 4 is 34.7 Å². The Morgan fingerprint density at radius 2 is 1.43 bits per heavy atom. The summed E-state index contributed by atoms with van der Waals surface area (Å²) in [5, 5.41) is 3.29. The minimum absolute atomic E-state index is 0.0164. The predicted molar refractivity (Wildman–Crippen MR) is 77.9 cm³/mol. The second-order valence-electron chi connectivity index (χ2n) is 4.06. The summed E-state index contributed by atoms with van der Waals surface area (Å²) < 4.78 is 26.1. The van der Waals surface area contributed by atoms with E-state index in [1.807, 2.05) is 0 Å². The van der Waals surface area contributed by atoms with Crippen molar-refractivity contribution in [2.75, 3.05) is 0 Å². The fraction of sp³-hybridized carbons (Fsp3) is 0. The van der Waals surface area contributed by atoms with Gasteiger partial charge in [0, 0.05) is 11.1 Å². The summed E-state index contributed by atoms with van der Waals surface area (Å²) in [7, 11) is 0. The van der Waals surface area contributed by atoms with Gasteiger partial charge in [-0.2, -0.15) is 5.10 Å². The Labute approximate surface area is 129 Å². The van der Waals surface area contributed by atoms with Crippen LogP contribution in [0.3, 0.4) is 0 Å². The average Bonchev–Trinajstić information content (AvgIpc) is 2.41. The highest BCUT2D eigenvalue weighted by Gasteiger charge is 2.21. The second kappa shape index (κ2) is 6.20. The van der Waals surface area contributed by atoms with Crippen molar-refractivity contribution in [3.05, 3.63) is 69.2 Å². The number of hydrazone groups is 1. The molecule has 0 atom stereocenters. The Morgan fingerprint density at radius 1 is 0.952 bits per heavy atom. The Balaban J connectivity index is 2.49. The van der Waals surface area contributed by atoms with E-state index in [-0.39, 0.29) is 26.9 Å². The molecule has 2 rings (SSSR count). The van der Waals surface area contributed by atoms with Crippen LogP contribution in [0.2, 0.25) is 10.0 Å². The van der Waals surface area contributed by atoms with Gasteiger partial charge in [-0.15, -0.1) is 0 Å². The lowest BCUT2D eigenvalue weighted by atomic mass is 10.0. The van der Waals surface area contributed by atoms with Gasteiger partial charge in [0.2, 0.25) is 5.78 Å². The van der Waals surface area contributed by atoms with Crippen molar-refractivity contribution in [1.82, 2.24) is 0 Å². The molecule has 7 heteroatoms. The summed E-state index contributed by atoms with van der Waals surface area (Å²) in [5.74, 6) is 3.44. The minimum Gasteiger partial charge on any atom is -0.323 e. The summed E-state index contributed by atoms with van der Waals surface area (Å²) in [5.41, 5.74) is -0.0258. The molecule has 0 heterocycles. The van der Waals surface area contributed by atoms with Crippen molar-refractivity contribution < 1.29 is 13.6 Å². The molecule has 0 aliphatic rings. The molecule has 21 heavy (non-hydrogen) atoms. The Bertz CT molecular complexity index is 748. The van der Waals surface area contributed by atoms with Crippen LogP contribution in [-0.2, 0) is 0 Å². The van der Waals surface area contributed by atoms with E-state index in [1.165, 1.54) is 12.1 Å². The maximum Gasteiger partial charge on any atom is 0.215 e. The number of carbonyl (C=O) groups excluding carboxylic acids is 1. The van der Waals surface area contributed by atoms with Gasteiger partial charge < -0.3 is 5.84 Å². The monoisotopic (exact) mass is 328 g/mol. The highest BCUT2D eigenvalue weighted by atomic mass is 35.5. The molecule has 0 unspecified atom stereocenters. The standard InChI is InChI=1S/C14H8Cl2F2N2O/c15-11-5-7(17)1-3-9(11)13(20-19)14(21)10-4-2-8(18)6-12(10)16/h1-6H,19H2/b20-13+. The minimum atomic E-state index is -0.643. The lowest BCUT2D eigenvalue weighted by molar-refractivity contribution is 0.106. The Hall–Kier alpha value is -1.98. The van der Waals surface area contributed by atoms with Gasteiger partial charge in [0.05, 0.1) is 10.0 Å². The molecule has 0 saturated carbocycles. The summed E-state index contributed by atoms with van der Waals surface area (Å²) in [4.78, 5) is 12.4. The number of benzene rings is 2. The molecule has 0 bridgehead atoms. The number of ketones is 1. The van der Waals surface area contributed by atoms with Crippen molar-refractivity contribution in [3.63, 3.8) is 0 Å². The van der Waals surface area contributed by atoms with Gasteiger partial charge in [-0.1, -0.05) is 23.2 Å². The molecule has 0 radical (unpaired) electrons. The number of halogens is 4. The summed E-state index contributed by atoms with van der Waals surface area (Å²) >= 11 is 11.7. The van der Waals surface area contributed by atoms with E-state index in [1.54, 1.807) is 0 Å². The Morgan fingerprint density at radius 3 is 1.86 bits per heavy atom. The van der Waals surface area contributed by atoms with Crippen LogP contribution >= 0.6 is 23.2 Å². The van der Waals surface area contributed by atoms with Gasteiger partial charge in [-0.3, -0.25) is 4.79 Å². The first-order chi connectivity index (χ1) is 9.93. The fourth-order valence-electron chi connectivity index (χ4n) is 1.73. The van der Waals surface area contributed by atoms with Crippen molar-refractivity contribution in [2.45, 2.75) is 0 Å². The van der Waals surface area contributed by atoms with Crippen molar-refractivity contribution in [3.8, 4) is 0 Å². The second-order valence-corrected chi connectivity index (χ2v) is 4.87. The molecule has 0 saturated heterocycles. The van der Waals surface area contributed by atoms with Gasteiger partial charge >= 0.3 is 0 Å². The van der Waals surface area contributed by atoms with Crippen LogP contribution < -0.4 is 5.84 Å². The zero-order chi connectivity index (χ0) is 15.6. The topological polar surface area (TPSA) is 55.4 Å². The van der Waals surface area contributed by atoms with E-state index in [2.05, 4.69) is 5.10 Å². The first-order valence-electron chi connectivity index (χ1n) is 5.67. The van der Waals surface area contributed by atoms with Crippen LogP contribution in [0, 0.1) is 11.6 Å². The highest BCUT2D eigenvalue weighted by molar-refractivity contribution is 6.55. The van der Waals surface area contributed by atoms with E-state index in [4.69, 9.17) is 29.0 Å². The maximum atomic E-state index is 13.0. The van der Waals surface area contributed by atoms with Gasteiger partial charge in [0.1, 0.15) is 17.3 Å². The molecule has 3 nitrogen and oxygen atoms in total. The van der Waals surface area contributed by atoms with Crippen LogP contribution in [0.25, 0.3) is 0 Å². The van der Waals surface area contributed by atoms with Gasteiger partial charge in [-0.05, 0) is 36.4 Å². The first-order valence-corrected chi connectivity index (χ1v) is 6.42. The molecule has 0 fully saturated rings. The van der Waals surface area contributed by atoms with E-state index in [0.717, 1.165) is 24.3 Å². The maximum absolute atomic E-state index is 13.0. The van der Waals surface area contributed by atoms with Gasteiger partial charge in [-0.25, -0.2) is 8.78 Å². The zero-order valence-corrected chi connectivity index (χ0v) is 11.9. The van der Waals surface area contributed by atoms with Crippen molar-refractivity contribution in [1.29, 1.82) is 0 Å². The average molecular weight is 329 g/mol. The number of carbonyl (C=O) groups is 1. The lowest BCUT2D eigenvalue weighted by Gasteiger charge is -2.08. The molecular formula is C14H8Cl2F2N2O. The molecule has 0 aromatic heterocycles. The quantitative estimate of drug-likeness (QED) is 0.403. The number of nitrogens with zero attached hydrogens (tertiary/aromatic N) is 1. The molecule has 108 valence electrons. The third-order valence-electron chi connectivity index (χ3n) is 2.71. The van der Waals surface area contributed by atoms with Crippen LogP contribution in [0.5, 0.6) is 0 Å². The van der Waals surface area contributed by atoms with E-state index in [0.29, 0.717) is 0 Å². The van der Waals surface area contributed by atoms with E-state index >= 15 is 0 Å². The van der Waals surface area contributed by atoms with Crippen LogP contribution in [-0.4, -0.2) is 11.5 Å². The number of Topliss-reactive ketones (excluding diaryl/α,β-unsaturated/α-hetero) is 1. The van der Waals surface area contributed by atoms with Crippen LogP contribution in [0.15, 0.2) is 41.5 Å². The third-order valence-corrected chi connectivity index (χ3v) is 3.33. The largest absolute Gasteiger partial charge is 0.323 e. The predicted octanol–water partition coefficient (Wildman–Crippen LogP) is 3.82. The number of hydrogen-bond donors (Lipinski definition) is 1. The molecule has 0 spiro atoms. The molecular weight excluding hydrogens is 321 g/mol. The van der Waals surface area contributed by atoms with Gasteiger partial charge in [0.15, 0.2) is 0 Å².